The number of alkyl halides is 3. The van der Waals surface area contributed by atoms with Gasteiger partial charge in [-0.15, -0.1) is 0 Å². The molecule has 0 bridgehead atoms. The maximum absolute atomic E-state index is 14.2. The first-order valence-corrected chi connectivity index (χ1v) is 12.1. The van der Waals surface area contributed by atoms with Crippen molar-refractivity contribution in [2.45, 2.75) is 31.1 Å². The molecule has 37 heavy (non-hydrogen) atoms. The van der Waals surface area contributed by atoms with Crippen LogP contribution in [0.2, 0.25) is 5.02 Å². The Morgan fingerprint density at radius 2 is 1.57 bits per heavy atom. The van der Waals surface area contributed by atoms with Crippen LogP contribution in [-0.4, -0.2) is 29.4 Å². The van der Waals surface area contributed by atoms with E-state index in [0.29, 0.717) is 21.8 Å². The van der Waals surface area contributed by atoms with Crippen LogP contribution in [-0.2, 0) is 11.0 Å². The second kappa shape index (κ2) is 7.89. The Labute approximate surface area is 215 Å². The number of benzene rings is 3. The number of ketones is 3. The van der Waals surface area contributed by atoms with E-state index in [2.05, 4.69) is 0 Å². The van der Waals surface area contributed by atoms with Gasteiger partial charge in [-0.1, -0.05) is 60.2 Å². The molecule has 186 valence electrons. The number of anilines is 1. The van der Waals surface area contributed by atoms with Crippen molar-refractivity contribution in [3.8, 4) is 0 Å². The standard InChI is InChI=1S/C29H19ClF3NO3/c1-15(35)25-24(16-6-9-18(10-7-16)29(31,32)33)28(26(36)20-4-2-3-5-21(20)27(28)37)23-13-8-17-14-19(30)11-12-22(17)34(23)25/h2-14,23-25H,1H3/t23-,24-,25+/m0/s1. The first-order valence-electron chi connectivity index (χ1n) is 11.7. The summed E-state index contributed by atoms with van der Waals surface area (Å²) in [6, 6.07) is 14.2. The Kier molecular flexibility index (Phi) is 5.05. The zero-order valence-corrected chi connectivity index (χ0v) is 20.2. The number of halogens is 4. The number of hydrogen-bond donors (Lipinski definition) is 0. The van der Waals surface area contributed by atoms with Crippen molar-refractivity contribution >= 4 is 40.7 Å². The van der Waals surface area contributed by atoms with Crippen molar-refractivity contribution in [3.05, 3.63) is 106 Å². The average molecular weight is 522 g/mol. The van der Waals surface area contributed by atoms with Crippen LogP contribution in [0.25, 0.3) is 6.08 Å². The van der Waals surface area contributed by atoms with Gasteiger partial charge in [0.25, 0.3) is 0 Å². The molecule has 6 rings (SSSR count). The fraction of sp³-hybridized carbons (Fsp3) is 0.207. The van der Waals surface area contributed by atoms with E-state index in [1.807, 2.05) is 0 Å². The largest absolute Gasteiger partial charge is 0.416 e. The molecule has 0 saturated carbocycles. The van der Waals surface area contributed by atoms with Crippen molar-refractivity contribution < 1.29 is 27.6 Å². The van der Waals surface area contributed by atoms with Crippen LogP contribution in [0.15, 0.2) is 72.8 Å². The van der Waals surface area contributed by atoms with Gasteiger partial charge < -0.3 is 4.90 Å². The second-order valence-corrected chi connectivity index (χ2v) is 10.1. The molecule has 0 amide bonds. The van der Waals surface area contributed by atoms with Crippen molar-refractivity contribution in [3.63, 3.8) is 0 Å². The molecule has 2 heterocycles. The number of rotatable bonds is 2. The predicted molar refractivity (Wildman–Crippen MR) is 133 cm³/mol. The molecule has 1 fully saturated rings. The highest BCUT2D eigenvalue weighted by Gasteiger charge is 2.71. The molecule has 0 unspecified atom stereocenters. The monoisotopic (exact) mass is 521 g/mol. The Balaban J connectivity index is 1.64. The van der Waals surface area contributed by atoms with Gasteiger partial charge in [0.05, 0.1) is 17.6 Å². The Morgan fingerprint density at radius 1 is 0.946 bits per heavy atom. The van der Waals surface area contributed by atoms with Gasteiger partial charge in [0.1, 0.15) is 5.41 Å². The predicted octanol–water partition coefficient (Wildman–Crippen LogP) is 6.38. The van der Waals surface area contributed by atoms with Gasteiger partial charge in [-0.25, -0.2) is 0 Å². The fourth-order valence-corrected chi connectivity index (χ4v) is 6.53. The van der Waals surface area contributed by atoms with Crippen LogP contribution < -0.4 is 4.90 Å². The first kappa shape index (κ1) is 23.7. The molecule has 3 aromatic rings. The topological polar surface area (TPSA) is 54.5 Å². The third-order valence-electron chi connectivity index (χ3n) is 7.78. The molecule has 2 aliphatic heterocycles. The number of fused-ring (bicyclic) bond motifs is 5. The van der Waals surface area contributed by atoms with Gasteiger partial charge >= 0.3 is 6.18 Å². The van der Waals surface area contributed by atoms with E-state index in [9.17, 15) is 27.6 Å². The Bertz CT molecular complexity index is 1490. The first-order chi connectivity index (χ1) is 17.6. The number of nitrogens with zero attached hydrogens (tertiary/aromatic N) is 1. The second-order valence-electron chi connectivity index (χ2n) is 9.64. The molecule has 3 atom stereocenters. The van der Waals surface area contributed by atoms with E-state index >= 15 is 0 Å². The molecule has 0 N–H and O–H groups in total. The highest BCUT2D eigenvalue weighted by molar-refractivity contribution is 6.32. The molecule has 0 radical (unpaired) electrons. The minimum absolute atomic E-state index is 0.254. The summed E-state index contributed by atoms with van der Waals surface area (Å²) in [5.74, 6) is -2.19. The maximum Gasteiger partial charge on any atom is 0.416 e. The fourth-order valence-electron chi connectivity index (χ4n) is 6.35. The lowest BCUT2D eigenvalue weighted by atomic mass is 9.64. The smallest absolute Gasteiger partial charge is 0.352 e. The number of carbonyl (C=O) groups excluding carboxylic acids is 3. The summed E-state index contributed by atoms with van der Waals surface area (Å²) in [5.41, 5.74) is -0.411. The average Bonchev–Trinajstić information content (AvgIpc) is 3.30. The quantitative estimate of drug-likeness (QED) is 0.367. The number of carbonyl (C=O) groups is 3. The van der Waals surface area contributed by atoms with Gasteiger partial charge in [0, 0.05) is 27.8 Å². The Hall–Kier alpha value is -3.71. The molecule has 3 aliphatic rings. The van der Waals surface area contributed by atoms with Gasteiger partial charge in [0.2, 0.25) is 0 Å². The summed E-state index contributed by atoms with van der Waals surface area (Å²) >= 11 is 6.20. The zero-order valence-electron chi connectivity index (χ0n) is 19.4. The summed E-state index contributed by atoms with van der Waals surface area (Å²) in [5, 5.41) is 0.481. The third kappa shape index (κ3) is 3.13. The minimum Gasteiger partial charge on any atom is -0.352 e. The van der Waals surface area contributed by atoms with Crippen molar-refractivity contribution in [1.82, 2.24) is 0 Å². The van der Waals surface area contributed by atoms with Crippen LogP contribution >= 0.6 is 11.6 Å². The molecular formula is C29H19ClF3NO3. The molecule has 4 nitrogen and oxygen atoms in total. The van der Waals surface area contributed by atoms with Gasteiger partial charge in [0.15, 0.2) is 17.3 Å². The minimum atomic E-state index is -4.56. The molecule has 1 aliphatic carbocycles. The van der Waals surface area contributed by atoms with Gasteiger partial charge in [-0.05, 0) is 48.4 Å². The number of hydrogen-bond acceptors (Lipinski definition) is 4. The molecule has 8 heteroatoms. The summed E-state index contributed by atoms with van der Waals surface area (Å²) in [4.78, 5) is 43.6. The highest BCUT2D eigenvalue weighted by atomic mass is 35.5. The van der Waals surface area contributed by atoms with E-state index in [4.69, 9.17) is 11.6 Å². The van der Waals surface area contributed by atoms with E-state index < -0.39 is 46.7 Å². The molecule has 1 spiro atoms. The highest BCUT2D eigenvalue weighted by Crippen LogP contribution is 2.60. The van der Waals surface area contributed by atoms with Crippen molar-refractivity contribution in [2.75, 3.05) is 4.90 Å². The summed E-state index contributed by atoms with van der Waals surface area (Å²) in [6.07, 6.45) is -1.04. The van der Waals surface area contributed by atoms with Crippen LogP contribution in [0.4, 0.5) is 18.9 Å². The normalized spacial score (nSPS) is 23.3. The van der Waals surface area contributed by atoms with Crippen LogP contribution in [0.3, 0.4) is 0 Å². The lowest BCUT2D eigenvalue weighted by Crippen LogP contribution is -2.48. The van der Waals surface area contributed by atoms with Crippen molar-refractivity contribution in [2.24, 2.45) is 5.41 Å². The lowest BCUT2D eigenvalue weighted by molar-refractivity contribution is -0.137. The maximum atomic E-state index is 14.2. The van der Waals surface area contributed by atoms with E-state index in [1.54, 1.807) is 59.5 Å². The lowest BCUT2D eigenvalue weighted by Gasteiger charge is -2.37. The zero-order chi connectivity index (χ0) is 26.3. The van der Waals surface area contributed by atoms with Crippen molar-refractivity contribution in [1.29, 1.82) is 0 Å². The summed E-state index contributed by atoms with van der Waals surface area (Å²) in [6.45, 7) is 1.38. The summed E-state index contributed by atoms with van der Waals surface area (Å²) in [7, 11) is 0. The third-order valence-corrected chi connectivity index (χ3v) is 8.01. The van der Waals surface area contributed by atoms with Gasteiger partial charge in [-0.3, -0.25) is 14.4 Å². The Morgan fingerprint density at radius 3 is 2.14 bits per heavy atom. The van der Waals surface area contributed by atoms with E-state index in [0.717, 1.165) is 12.1 Å². The van der Waals surface area contributed by atoms with E-state index in [-0.39, 0.29) is 16.9 Å². The molecule has 3 aromatic carbocycles. The SMILES string of the molecule is CC(=O)[C@@H]1[C@H](c2ccc(C(F)(F)F)cc2)C2(C(=O)c3ccccc3C2=O)[C@@H]2C=Cc3cc(Cl)ccc3N12. The molecule has 1 saturated heterocycles. The van der Waals surface area contributed by atoms with Crippen LogP contribution in [0.5, 0.6) is 0 Å². The summed E-state index contributed by atoms with van der Waals surface area (Å²) < 4.78 is 40.0. The van der Waals surface area contributed by atoms with E-state index in [1.165, 1.54) is 19.1 Å². The van der Waals surface area contributed by atoms with Crippen LogP contribution in [0, 0.1) is 5.41 Å². The van der Waals surface area contributed by atoms with Gasteiger partial charge in [-0.2, -0.15) is 13.2 Å². The van der Waals surface area contributed by atoms with Crippen LogP contribution in [0.1, 0.15) is 50.2 Å². The molecular weight excluding hydrogens is 503 g/mol. The number of Topliss-reactive ketones (excluding diaryl/α,β-unsaturated/α-hetero) is 3. The molecule has 0 aromatic heterocycles.